The van der Waals surface area contributed by atoms with Gasteiger partial charge in [-0.3, -0.25) is 19.6 Å². The van der Waals surface area contributed by atoms with Crippen LogP contribution in [0.5, 0.6) is 23.0 Å². The molecule has 1 spiro atoms. The van der Waals surface area contributed by atoms with Crippen molar-refractivity contribution >= 4 is 5.91 Å². The van der Waals surface area contributed by atoms with Crippen molar-refractivity contribution in [1.29, 1.82) is 0 Å². The molecule has 47 heavy (non-hydrogen) atoms. The van der Waals surface area contributed by atoms with E-state index >= 15 is 0 Å². The zero-order valence-electron chi connectivity index (χ0n) is 28.9. The van der Waals surface area contributed by atoms with Crippen LogP contribution in [0.2, 0.25) is 0 Å². The number of rotatable bonds is 9. The average Bonchev–Trinajstić information content (AvgIpc) is 3.13. The molecule has 0 radical (unpaired) electrons. The maximum absolute atomic E-state index is 14.3. The fourth-order valence-corrected chi connectivity index (χ4v) is 9.25. The Hall–Kier alpha value is -3.57. The SMILES string of the molecule is CCN1CCc2cc(OC)c(OC)cc2C1C1CC(C(=O)N2CCN(N=O)CC2)CCC12c1cc(OC)c(OC)cc1CCN2CC. The molecular formula is C36H51N5O6. The number of carbonyl (C=O) groups is 1. The number of piperazine rings is 1. The number of benzene rings is 2. The van der Waals surface area contributed by atoms with Crippen LogP contribution in [0.25, 0.3) is 0 Å². The molecule has 11 nitrogen and oxygen atoms in total. The summed E-state index contributed by atoms with van der Waals surface area (Å²) in [6.45, 7) is 10.2. The third-order valence-corrected chi connectivity index (χ3v) is 11.5. The summed E-state index contributed by atoms with van der Waals surface area (Å²) in [6.07, 6.45) is 4.26. The second-order valence-electron chi connectivity index (χ2n) is 13.3. The number of hydrogen-bond acceptors (Lipinski definition) is 9. The van der Waals surface area contributed by atoms with E-state index in [2.05, 4.69) is 53.2 Å². The van der Waals surface area contributed by atoms with Gasteiger partial charge in [0.2, 0.25) is 5.91 Å². The van der Waals surface area contributed by atoms with Gasteiger partial charge in [0.25, 0.3) is 0 Å². The second kappa shape index (κ2) is 13.9. The standard InChI is InChI=1S/C36H51N5O6/c1-7-38-13-10-24-20-30(44-3)32(46-5)22-27(24)34(38)29-19-26(35(42)39-15-17-41(37-43)18-16-39)9-12-36(29)28-23-33(47-6)31(45-4)21-25(28)11-14-40(36)8-2/h20-23,26,29,34H,7-19H2,1-6H3. The first-order valence-corrected chi connectivity index (χ1v) is 17.2. The lowest BCUT2D eigenvalue weighted by molar-refractivity contribution is -0.143. The predicted octanol–water partition coefficient (Wildman–Crippen LogP) is 4.66. The minimum atomic E-state index is -0.321. The van der Waals surface area contributed by atoms with Crippen LogP contribution in [0.15, 0.2) is 29.6 Å². The van der Waals surface area contributed by atoms with Crippen LogP contribution in [0, 0.1) is 16.7 Å². The van der Waals surface area contributed by atoms with Crippen molar-refractivity contribution in [3.05, 3.63) is 51.4 Å². The van der Waals surface area contributed by atoms with Gasteiger partial charge in [-0.25, -0.2) is 0 Å². The Kier molecular flexibility index (Phi) is 9.85. The van der Waals surface area contributed by atoms with Crippen LogP contribution in [0.1, 0.15) is 61.4 Å². The zero-order valence-corrected chi connectivity index (χ0v) is 28.9. The van der Waals surface area contributed by atoms with Crippen LogP contribution >= 0.6 is 0 Å². The van der Waals surface area contributed by atoms with Gasteiger partial charge in [-0.1, -0.05) is 13.8 Å². The predicted molar refractivity (Wildman–Crippen MR) is 180 cm³/mol. The highest BCUT2D eigenvalue weighted by Gasteiger charge is 2.56. The van der Waals surface area contributed by atoms with E-state index < -0.39 is 0 Å². The molecule has 1 saturated carbocycles. The molecule has 2 aromatic rings. The molecule has 1 aliphatic carbocycles. The lowest BCUT2D eigenvalue weighted by Gasteiger charge is -2.60. The van der Waals surface area contributed by atoms with Crippen LogP contribution in [-0.4, -0.2) is 106 Å². The maximum Gasteiger partial charge on any atom is 0.225 e. The van der Waals surface area contributed by atoms with Gasteiger partial charge in [-0.2, -0.15) is 0 Å². The monoisotopic (exact) mass is 649 g/mol. The molecule has 4 unspecified atom stereocenters. The first-order chi connectivity index (χ1) is 22.9. The van der Waals surface area contributed by atoms with Crippen molar-refractivity contribution < 1.29 is 23.7 Å². The number of likely N-dealkylation sites (N-methyl/N-ethyl adjacent to an activating group) is 2. The van der Waals surface area contributed by atoms with Gasteiger partial charge in [-0.05, 0) is 91.7 Å². The quantitative estimate of drug-likeness (QED) is 0.360. The van der Waals surface area contributed by atoms with Crippen molar-refractivity contribution in [2.24, 2.45) is 17.1 Å². The summed E-state index contributed by atoms with van der Waals surface area (Å²) in [5, 5.41) is 4.63. The number of hydrogen-bond donors (Lipinski definition) is 0. The summed E-state index contributed by atoms with van der Waals surface area (Å²) in [5.41, 5.74) is 4.82. The number of nitrogens with zero attached hydrogens (tertiary/aromatic N) is 5. The van der Waals surface area contributed by atoms with E-state index in [1.807, 2.05) is 4.90 Å². The second-order valence-corrected chi connectivity index (χ2v) is 13.3. The molecule has 2 aromatic carbocycles. The molecule has 256 valence electrons. The third kappa shape index (κ3) is 5.69. The Bertz CT molecular complexity index is 1460. The molecule has 3 aliphatic heterocycles. The maximum atomic E-state index is 14.3. The summed E-state index contributed by atoms with van der Waals surface area (Å²) in [4.78, 5) is 32.7. The highest BCUT2D eigenvalue weighted by Crippen LogP contribution is 2.58. The first kappa shape index (κ1) is 33.3. The van der Waals surface area contributed by atoms with Gasteiger partial charge in [0.15, 0.2) is 23.0 Å². The molecule has 1 saturated heterocycles. The molecule has 3 heterocycles. The molecular weight excluding hydrogens is 598 g/mol. The molecule has 6 rings (SSSR count). The number of nitroso groups, excluding NO2 is 1. The van der Waals surface area contributed by atoms with Gasteiger partial charge in [0, 0.05) is 44.1 Å². The first-order valence-electron chi connectivity index (χ1n) is 17.2. The lowest BCUT2D eigenvalue weighted by Crippen LogP contribution is -2.61. The van der Waals surface area contributed by atoms with E-state index in [9.17, 15) is 9.70 Å². The van der Waals surface area contributed by atoms with Crippen molar-refractivity contribution in [2.45, 2.75) is 57.5 Å². The lowest BCUT2D eigenvalue weighted by atomic mass is 9.58. The zero-order chi connectivity index (χ0) is 33.3. The van der Waals surface area contributed by atoms with Crippen molar-refractivity contribution in [2.75, 3.05) is 80.8 Å². The molecule has 4 aliphatic rings. The van der Waals surface area contributed by atoms with E-state index in [-0.39, 0.29) is 29.3 Å². The number of amides is 1. The molecule has 0 N–H and O–H groups in total. The van der Waals surface area contributed by atoms with Crippen LogP contribution in [-0.2, 0) is 23.2 Å². The van der Waals surface area contributed by atoms with Gasteiger partial charge >= 0.3 is 0 Å². The molecule has 2 fully saturated rings. The number of carbonyl (C=O) groups excluding carboxylic acids is 1. The Balaban J connectivity index is 1.52. The Morgan fingerprint density at radius 2 is 1.43 bits per heavy atom. The van der Waals surface area contributed by atoms with E-state index in [4.69, 9.17) is 18.9 Å². The van der Waals surface area contributed by atoms with Gasteiger partial charge in [0.1, 0.15) is 0 Å². The summed E-state index contributed by atoms with van der Waals surface area (Å²) < 4.78 is 23.3. The summed E-state index contributed by atoms with van der Waals surface area (Å²) in [5.74, 6) is 3.16. The van der Waals surface area contributed by atoms with Crippen molar-refractivity contribution in [1.82, 2.24) is 19.7 Å². The van der Waals surface area contributed by atoms with Crippen molar-refractivity contribution in [3.8, 4) is 23.0 Å². The fourth-order valence-electron chi connectivity index (χ4n) is 9.25. The topological polar surface area (TPSA) is 96.4 Å². The Labute approximate surface area is 279 Å². The van der Waals surface area contributed by atoms with Crippen LogP contribution < -0.4 is 18.9 Å². The number of methoxy groups -OCH3 is 4. The third-order valence-electron chi connectivity index (χ3n) is 11.5. The highest BCUT2D eigenvalue weighted by molar-refractivity contribution is 5.79. The molecule has 4 atom stereocenters. The minimum Gasteiger partial charge on any atom is -0.493 e. The molecule has 11 heteroatoms. The van der Waals surface area contributed by atoms with Gasteiger partial charge in [-0.15, -0.1) is 4.91 Å². The summed E-state index contributed by atoms with van der Waals surface area (Å²) >= 11 is 0. The molecule has 0 bridgehead atoms. The van der Waals surface area contributed by atoms with E-state index in [0.29, 0.717) is 26.2 Å². The van der Waals surface area contributed by atoms with Crippen LogP contribution in [0.3, 0.4) is 0 Å². The average molecular weight is 650 g/mol. The largest absolute Gasteiger partial charge is 0.493 e. The number of fused-ring (bicyclic) bond motifs is 3. The summed E-state index contributed by atoms with van der Waals surface area (Å²) in [7, 11) is 6.80. The van der Waals surface area contributed by atoms with E-state index in [1.165, 1.54) is 27.3 Å². The Morgan fingerprint density at radius 1 is 0.809 bits per heavy atom. The highest BCUT2D eigenvalue weighted by atomic mass is 16.5. The fraction of sp³-hybridized carbons (Fsp3) is 0.639. The van der Waals surface area contributed by atoms with Crippen molar-refractivity contribution in [3.63, 3.8) is 0 Å². The van der Waals surface area contributed by atoms with E-state index in [1.54, 1.807) is 28.4 Å². The Morgan fingerprint density at radius 3 is 2.04 bits per heavy atom. The molecule has 0 aromatic heterocycles. The number of ether oxygens (including phenoxy) is 4. The van der Waals surface area contributed by atoms with Crippen LogP contribution in [0.4, 0.5) is 0 Å². The normalized spacial score (nSPS) is 26.4. The summed E-state index contributed by atoms with van der Waals surface area (Å²) in [6, 6.07) is 8.82. The molecule has 1 amide bonds. The minimum absolute atomic E-state index is 0.0587. The van der Waals surface area contributed by atoms with E-state index in [0.717, 1.165) is 81.3 Å². The smallest absolute Gasteiger partial charge is 0.225 e. The van der Waals surface area contributed by atoms with Gasteiger partial charge < -0.3 is 23.8 Å². The van der Waals surface area contributed by atoms with Gasteiger partial charge in [0.05, 0.1) is 52.4 Å².